The summed E-state index contributed by atoms with van der Waals surface area (Å²) in [6.07, 6.45) is 11.9. The minimum Gasteiger partial charge on any atom is -0.351 e. The van der Waals surface area contributed by atoms with Gasteiger partial charge in [0.25, 0.3) is 0 Å². The molecule has 9 unspecified atom stereocenters. The van der Waals surface area contributed by atoms with E-state index >= 15 is 0 Å². The molecule has 5 aliphatic rings. The molecule has 0 aromatic heterocycles. The Labute approximate surface area is 231 Å². The molecular weight excluding hydrogens is 500 g/mol. The summed E-state index contributed by atoms with van der Waals surface area (Å²) in [4.78, 5) is 25.8. The van der Waals surface area contributed by atoms with E-state index in [0.717, 1.165) is 51.4 Å². The number of rotatable bonds is 5. The molecule has 2 amide bonds. The molecule has 2 N–H and O–H groups in total. The molecule has 1 heterocycles. The van der Waals surface area contributed by atoms with E-state index in [1.807, 2.05) is 20.8 Å². The number of fused-ring (bicyclic) bond motifs is 5. The number of hydrogen-bond donors (Lipinski definition) is 2. The maximum absolute atomic E-state index is 13.4. The third kappa shape index (κ3) is 5.26. The van der Waals surface area contributed by atoms with Crippen molar-refractivity contribution in [2.75, 3.05) is 0 Å². The predicted molar refractivity (Wildman–Crippen MR) is 148 cm³/mol. The first-order valence-electron chi connectivity index (χ1n) is 14.9. The van der Waals surface area contributed by atoms with E-state index in [2.05, 4.69) is 37.5 Å². The largest absolute Gasteiger partial charge is 0.351 e. The van der Waals surface area contributed by atoms with Gasteiger partial charge in [0, 0.05) is 22.9 Å². The lowest BCUT2D eigenvalue weighted by molar-refractivity contribution is -0.143. The van der Waals surface area contributed by atoms with Gasteiger partial charge in [-0.05, 0) is 114 Å². The predicted octanol–water partition coefficient (Wildman–Crippen LogP) is 4.98. The van der Waals surface area contributed by atoms with Crippen molar-refractivity contribution in [2.24, 2.45) is 40.4 Å². The Balaban J connectivity index is 1.40. The molecule has 38 heavy (non-hydrogen) atoms. The number of carbonyl (C=O) groups excluding carboxylic acids is 2. The molecule has 0 aromatic carbocycles. The molecule has 0 spiro atoms. The van der Waals surface area contributed by atoms with Gasteiger partial charge in [-0.2, -0.15) is 4.21 Å². The van der Waals surface area contributed by atoms with E-state index in [1.54, 1.807) is 6.08 Å². The lowest BCUT2D eigenvalue weighted by Crippen LogP contribution is -2.64. The molecular formula is C30H48N2O5S. The number of nitrogens with one attached hydrogen (secondary N) is 2. The molecule has 4 fully saturated rings. The molecule has 0 bridgehead atoms. The maximum Gasteiger partial charge on any atom is 0.305 e. The fourth-order valence-electron chi connectivity index (χ4n) is 8.82. The van der Waals surface area contributed by atoms with Crippen molar-refractivity contribution in [3.63, 3.8) is 0 Å². The molecule has 0 saturated heterocycles. The molecule has 8 heteroatoms. The van der Waals surface area contributed by atoms with Crippen molar-refractivity contribution in [1.29, 1.82) is 0 Å². The SMILES string of the molecule is CC1CCC(OS(=O)OC2CC3NC(=O)C=CC3(C)C3CCC4(C)C(C(=O)NC(C)(C)C)CCC4C23)CC1. The van der Waals surface area contributed by atoms with Crippen LogP contribution in [0, 0.1) is 40.4 Å². The van der Waals surface area contributed by atoms with E-state index in [4.69, 9.17) is 8.37 Å². The van der Waals surface area contributed by atoms with Crippen LogP contribution in [0.3, 0.4) is 0 Å². The standard InChI is InChI=1S/C30H48N2O5S/c1-18-7-9-19(10-8-18)36-38(35)37-23-17-24-30(6,16-14-25(33)31-24)21-13-15-29(5)20(26(21)23)11-12-22(29)27(34)32-28(2,3)4/h14,16,18-24,26H,7-13,15,17H2,1-6H3,(H,31,33)(H,32,34). The summed E-state index contributed by atoms with van der Waals surface area (Å²) in [7, 11) is 0. The van der Waals surface area contributed by atoms with Gasteiger partial charge in [0.2, 0.25) is 11.8 Å². The molecule has 4 saturated carbocycles. The summed E-state index contributed by atoms with van der Waals surface area (Å²) in [5.41, 5.74) is -0.589. The van der Waals surface area contributed by atoms with Crippen LogP contribution in [0.1, 0.15) is 99.3 Å². The normalized spacial score (nSPS) is 45.4. The smallest absolute Gasteiger partial charge is 0.305 e. The summed E-state index contributed by atoms with van der Waals surface area (Å²) in [5, 5.41) is 6.44. The Morgan fingerprint density at radius 1 is 1.05 bits per heavy atom. The third-order valence-electron chi connectivity index (χ3n) is 10.9. The monoisotopic (exact) mass is 548 g/mol. The van der Waals surface area contributed by atoms with E-state index in [1.165, 1.54) is 0 Å². The highest BCUT2D eigenvalue weighted by Gasteiger charge is 2.64. The van der Waals surface area contributed by atoms with Crippen molar-refractivity contribution >= 4 is 23.2 Å². The topological polar surface area (TPSA) is 93.7 Å². The van der Waals surface area contributed by atoms with Crippen molar-refractivity contribution in [3.05, 3.63) is 12.2 Å². The first-order valence-corrected chi connectivity index (χ1v) is 15.9. The Bertz CT molecular complexity index is 986. The molecule has 5 rings (SSSR count). The molecule has 7 nitrogen and oxygen atoms in total. The van der Waals surface area contributed by atoms with Crippen LogP contribution in [-0.4, -0.2) is 39.8 Å². The quantitative estimate of drug-likeness (QED) is 0.505. The van der Waals surface area contributed by atoms with E-state index in [0.29, 0.717) is 18.3 Å². The Morgan fingerprint density at radius 3 is 2.45 bits per heavy atom. The van der Waals surface area contributed by atoms with Gasteiger partial charge in [0.1, 0.15) is 0 Å². The molecule has 4 aliphatic carbocycles. The van der Waals surface area contributed by atoms with Crippen molar-refractivity contribution in [3.8, 4) is 0 Å². The van der Waals surface area contributed by atoms with Crippen LogP contribution in [0.15, 0.2) is 12.2 Å². The van der Waals surface area contributed by atoms with Crippen molar-refractivity contribution < 1.29 is 22.2 Å². The van der Waals surface area contributed by atoms with Gasteiger partial charge < -0.3 is 10.6 Å². The van der Waals surface area contributed by atoms with Crippen LogP contribution < -0.4 is 10.6 Å². The number of amides is 2. The Hall–Kier alpha value is -1.25. The van der Waals surface area contributed by atoms with Crippen LogP contribution in [0.2, 0.25) is 0 Å². The van der Waals surface area contributed by atoms with Crippen LogP contribution in [-0.2, 0) is 29.3 Å². The number of hydrogen-bond acceptors (Lipinski definition) is 5. The first-order chi connectivity index (χ1) is 17.8. The van der Waals surface area contributed by atoms with Crippen molar-refractivity contribution in [2.45, 2.75) is 123 Å². The van der Waals surface area contributed by atoms with Crippen LogP contribution in [0.4, 0.5) is 0 Å². The zero-order valence-corrected chi connectivity index (χ0v) is 24.9. The van der Waals surface area contributed by atoms with Gasteiger partial charge in [0.05, 0.1) is 12.2 Å². The summed E-state index contributed by atoms with van der Waals surface area (Å²) in [5.74, 6) is 1.46. The Morgan fingerprint density at radius 2 is 1.76 bits per heavy atom. The fourth-order valence-corrected chi connectivity index (χ4v) is 9.69. The summed E-state index contributed by atoms with van der Waals surface area (Å²) >= 11 is -1.84. The average molecular weight is 549 g/mol. The van der Waals surface area contributed by atoms with Gasteiger partial charge in [-0.25, -0.2) is 0 Å². The second-order valence-electron chi connectivity index (χ2n) is 14.5. The van der Waals surface area contributed by atoms with Gasteiger partial charge in [-0.15, -0.1) is 0 Å². The minimum absolute atomic E-state index is 0.0254. The van der Waals surface area contributed by atoms with E-state index < -0.39 is 11.4 Å². The minimum atomic E-state index is -1.84. The number of carbonyl (C=O) groups is 2. The summed E-state index contributed by atoms with van der Waals surface area (Å²) in [6, 6.07) is -0.0653. The molecule has 0 aromatic rings. The average Bonchev–Trinajstić information content (AvgIpc) is 3.18. The zero-order valence-electron chi connectivity index (χ0n) is 24.1. The van der Waals surface area contributed by atoms with Crippen LogP contribution in [0.25, 0.3) is 0 Å². The van der Waals surface area contributed by atoms with Gasteiger partial charge in [0.15, 0.2) is 0 Å². The van der Waals surface area contributed by atoms with E-state index in [-0.39, 0.29) is 64.2 Å². The highest BCUT2D eigenvalue weighted by Crippen LogP contribution is 2.65. The molecule has 9 atom stereocenters. The van der Waals surface area contributed by atoms with Gasteiger partial charge >= 0.3 is 11.4 Å². The molecule has 214 valence electrons. The summed E-state index contributed by atoms with van der Waals surface area (Å²) < 4.78 is 25.5. The lowest BCUT2D eigenvalue weighted by Gasteiger charge is -2.60. The van der Waals surface area contributed by atoms with Gasteiger partial charge in [-0.1, -0.05) is 26.8 Å². The summed E-state index contributed by atoms with van der Waals surface area (Å²) in [6.45, 7) is 12.9. The highest BCUT2D eigenvalue weighted by molar-refractivity contribution is 7.75. The van der Waals surface area contributed by atoms with Gasteiger partial charge in [-0.3, -0.25) is 18.0 Å². The zero-order chi connectivity index (χ0) is 27.5. The third-order valence-corrected chi connectivity index (χ3v) is 11.7. The van der Waals surface area contributed by atoms with Crippen LogP contribution in [0.5, 0.6) is 0 Å². The molecule has 0 radical (unpaired) electrons. The maximum atomic E-state index is 13.4. The second kappa shape index (κ2) is 10.3. The first kappa shape index (κ1) is 28.3. The second-order valence-corrected chi connectivity index (χ2v) is 15.3. The molecule has 1 aliphatic heterocycles. The highest BCUT2D eigenvalue weighted by atomic mass is 32.2. The Kier molecular flexibility index (Phi) is 7.66. The van der Waals surface area contributed by atoms with E-state index in [9.17, 15) is 13.8 Å². The fraction of sp³-hybridized carbons (Fsp3) is 0.867. The van der Waals surface area contributed by atoms with Crippen LogP contribution >= 0.6 is 0 Å². The van der Waals surface area contributed by atoms with Crippen molar-refractivity contribution in [1.82, 2.24) is 10.6 Å². The lowest BCUT2D eigenvalue weighted by atomic mass is 9.47.